The van der Waals surface area contributed by atoms with Crippen molar-refractivity contribution in [1.82, 2.24) is 15.5 Å². The van der Waals surface area contributed by atoms with E-state index in [1.165, 1.54) is 4.90 Å². The van der Waals surface area contributed by atoms with E-state index in [1.807, 2.05) is 0 Å². The minimum absolute atomic E-state index is 0.0698. The van der Waals surface area contributed by atoms with Crippen LogP contribution in [0.2, 0.25) is 0 Å². The standard InChI is InChI=1S/C15H18F5N3O/c16-11-2-1-10(12(17)8-11)7-14(24)22-9-13(15(18,19)20)23-5-3-21-4-6-23/h1-2,8,13,21H,3-7,9H2,(H,22,24). The van der Waals surface area contributed by atoms with Gasteiger partial charge in [0.2, 0.25) is 5.91 Å². The molecule has 0 saturated carbocycles. The molecule has 1 unspecified atom stereocenters. The zero-order valence-corrected chi connectivity index (χ0v) is 12.8. The minimum Gasteiger partial charge on any atom is -0.354 e. The maximum atomic E-state index is 13.5. The van der Waals surface area contributed by atoms with Crippen molar-refractivity contribution in [2.75, 3.05) is 32.7 Å². The van der Waals surface area contributed by atoms with E-state index in [0.29, 0.717) is 19.2 Å². The van der Waals surface area contributed by atoms with Crippen LogP contribution in [-0.2, 0) is 11.2 Å². The van der Waals surface area contributed by atoms with Crippen LogP contribution in [-0.4, -0.2) is 55.7 Å². The van der Waals surface area contributed by atoms with Gasteiger partial charge in [-0.15, -0.1) is 0 Å². The molecule has 1 aromatic rings. The molecule has 0 aromatic heterocycles. The van der Waals surface area contributed by atoms with E-state index < -0.39 is 42.7 Å². The number of hydrogen-bond donors (Lipinski definition) is 2. The van der Waals surface area contributed by atoms with E-state index in [9.17, 15) is 26.7 Å². The second-order valence-electron chi connectivity index (χ2n) is 5.56. The number of carbonyl (C=O) groups excluding carboxylic acids is 1. The Balaban J connectivity index is 1.94. The quantitative estimate of drug-likeness (QED) is 0.790. The van der Waals surface area contributed by atoms with Crippen molar-refractivity contribution in [3.05, 3.63) is 35.4 Å². The molecule has 1 aliphatic rings. The SMILES string of the molecule is O=C(Cc1ccc(F)cc1F)NCC(N1CCNCC1)C(F)(F)F. The highest BCUT2D eigenvalue weighted by Crippen LogP contribution is 2.24. The molecule has 1 atom stereocenters. The molecule has 134 valence electrons. The molecule has 1 fully saturated rings. The summed E-state index contributed by atoms with van der Waals surface area (Å²) in [5, 5.41) is 5.16. The molecule has 0 aliphatic carbocycles. The van der Waals surface area contributed by atoms with Crippen LogP contribution < -0.4 is 10.6 Å². The molecule has 0 spiro atoms. The van der Waals surface area contributed by atoms with E-state index in [0.717, 1.165) is 12.1 Å². The van der Waals surface area contributed by atoms with Gasteiger partial charge in [0, 0.05) is 38.8 Å². The molecule has 2 rings (SSSR count). The van der Waals surface area contributed by atoms with Crippen molar-refractivity contribution in [1.29, 1.82) is 0 Å². The molecule has 0 bridgehead atoms. The molecule has 1 amide bonds. The van der Waals surface area contributed by atoms with Crippen LogP contribution in [0.4, 0.5) is 22.0 Å². The normalized spacial score (nSPS) is 17.5. The fraction of sp³-hybridized carbons (Fsp3) is 0.533. The van der Waals surface area contributed by atoms with Crippen LogP contribution in [0.15, 0.2) is 18.2 Å². The molecular formula is C15H18F5N3O. The average molecular weight is 351 g/mol. The predicted octanol–water partition coefficient (Wildman–Crippen LogP) is 1.46. The number of carbonyl (C=O) groups is 1. The van der Waals surface area contributed by atoms with Gasteiger partial charge in [-0.2, -0.15) is 13.2 Å². The van der Waals surface area contributed by atoms with Crippen molar-refractivity contribution in [2.24, 2.45) is 0 Å². The van der Waals surface area contributed by atoms with Gasteiger partial charge in [0.25, 0.3) is 0 Å². The van der Waals surface area contributed by atoms with E-state index in [2.05, 4.69) is 10.6 Å². The summed E-state index contributed by atoms with van der Waals surface area (Å²) in [5.41, 5.74) is -0.0698. The molecule has 1 aliphatic heterocycles. The number of nitrogens with zero attached hydrogens (tertiary/aromatic N) is 1. The fourth-order valence-electron chi connectivity index (χ4n) is 2.56. The lowest BCUT2D eigenvalue weighted by atomic mass is 10.1. The highest BCUT2D eigenvalue weighted by atomic mass is 19.4. The Morgan fingerprint density at radius 3 is 2.50 bits per heavy atom. The lowest BCUT2D eigenvalue weighted by Gasteiger charge is -2.35. The molecule has 0 radical (unpaired) electrons. The highest BCUT2D eigenvalue weighted by Gasteiger charge is 2.43. The van der Waals surface area contributed by atoms with Gasteiger partial charge in [0.05, 0.1) is 6.42 Å². The number of rotatable bonds is 5. The summed E-state index contributed by atoms with van der Waals surface area (Å²) in [4.78, 5) is 13.1. The lowest BCUT2D eigenvalue weighted by molar-refractivity contribution is -0.184. The van der Waals surface area contributed by atoms with Gasteiger partial charge in [-0.25, -0.2) is 8.78 Å². The first-order chi connectivity index (χ1) is 11.3. The zero-order chi connectivity index (χ0) is 17.7. The number of amides is 1. The maximum Gasteiger partial charge on any atom is 0.405 e. The third-order valence-corrected chi connectivity index (χ3v) is 3.83. The Morgan fingerprint density at radius 2 is 1.92 bits per heavy atom. The Bertz CT molecular complexity index is 573. The minimum atomic E-state index is -4.48. The Morgan fingerprint density at radius 1 is 1.25 bits per heavy atom. The average Bonchev–Trinajstić information content (AvgIpc) is 2.50. The molecule has 1 saturated heterocycles. The first-order valence-corrected chi connectivity index (χ1v) is 7.49. The van der Waals surface area contributed by atoms with Crippen LogP contribution in [0.5, 0.6) is 0 Å². The molecular weight excluding hydrogens is 333 g/mol. The van der Waals surface area contributed by atoms with E-state index in [-0.39, 0.29) is 18.7 Å². The van der Waals surface area contributed by atoms with Gasteiger partial charge < -0.3 is 10.6 Å². The van der Waals surface area contributed by atoms with Gasteiger partial charge in [-0.05, 0) is 11.6 Å². The first kappa shape index (κ1) is 18.6. The molecule has 1 heterocycles. The summed E-state index contributed by atoms with van der Waals surface area (Å²) in [6.45, 7) is 0.743. The number of benzene rings is 1. The van der Waals surface area contributed by atoms with Crippen LogP contribution in [0.25, 0.3) is 0 Å². The number of nitrogens with one attached hydrogen (secondary N) is 2. The van der Waals surface area contributed by atoms with Crippen molar-refractivity contribution in [3.8, 4) is 0 Å². The van der Waals surface area contributed by atoms with Crippen LogP contribution in [0.1, 0.15) is 5.56 Å². The summed E-state index contributed by atoms with van der Waals surface area (Å²) < 4.78 is 65.8. The molecule has 24 heavy (non-hydrogen) atoms. The third kappa shape index (κ3) is 5.13. The summed E-state index contributed by atoms with van der Waals surface area (Å²) in [6, 6.07) is 0.927. The monoisotopic (exact) mass is 351 g/mol. The molecule has 2 N–H and O–H groups in total. The van der Waals surface area contributed by atoms with Gasteiger partial charge in [-0.1, -0.05) is 6.07 Å². The Kier molecular flexibility index (Phi) is 6.11. The van der Waals surface area contributed by atoms with Crippen molar-refractivity contribution >= 4 is 5.91 Å². The number of halogens is 5. The summed E-state index contributed by atoms with van der Waals surface area (Å²) in [5.74, 6) is -2.43. The third-order valence-electron chi connectivity index (χ3n) is 3.83. The molecule has 4 nitrogen and oxygen atoms in total. The summed E-state index contributed by atoms with van der Waals surface area (Å²) in [7, 11) is 0. The maximum absolute atomic E-state index is 13.5. The lowest BCUT2D eigenvalue weighted by Crippen LogP contribution is -2.57. The number of piperazine rings is 1. The van der Waals surface area contributed by atoms with E-state index in [1.54, 1.807) is 0 Å². The van der Waals surface area contributed by atoms with Gasteiger partial charge in [0.15, 0.2) is 0 Å². The van der Waals surface area contributed by atoms with Crippen molar-refractivity contribution in [3.63, 3.8) is 0 Å². The topological polar surface area (TPSA) is 44.4 Å². The second kappa shape index (κ2) is 7.89. The van der Waals surface area contributed by atoms with Crippen molar-refractivity contribution in [2.45, 2.75) is 18.6 Å². The first-order valence-electron chi connectivity index (χ1n) is 7.49. The van der Waals surface area contributed by atoms with Gasteiger partial charge in [-0.3, -0.25) is 9.69 Å². The largest absolute Gasteiger partial charge is 0.405 e. The zero-order valence-electron chi connectivity index (χ0n) is 12.8. The second-order valence-corrected chi connectivity index (χ2v) is 5.56. The van der Waals surface area contributed by atoms with Crippen LogP contribution in [0.3, 0.4) is 0 Å². The predicted molar refractivity (Wildman–Crippen MR) is 77.4 cm³/mol. The summed E-state index contributed by atoms with van der Waals surface area (Å²) >= 11 is 0. The summed E-state index contributed by atoms with van der Waals surface area (Å²) in [6.07, 6.45) is -4.93. The van der Waals surface area contributed by atoms with Crippen LogP contribution >= 0.6 is 0 Å². The highest BCUT2D eigenvalue weighted by molar-refractivity contribution is 5.78. The Hall–Kier alpha value is -1.74. The van der Waals surface area contributed by atoms with E-state index in [4.69, 9.17) is 0 Å². The smallest absolute Gasteiger partial charge is 0.354 e. The van der Waals surface area contributed by atoms with Gasteiger partial charge >= 0.3 is 6.18 Å². The fourth-order valence-corrected chi connectivity index (χ4v) is 2.56. The van der Waals surface area contributed by atoms with E-state index >= 15 is 0 Å². The molecule has 1 aromatic carbocycles. The molecule has 9 heteroatoms. The van der Waals surface area contributed by atoms with Crippen LogP contribution in [0, 0.1) is 11.6 Å². The number of hydrogen-bond acceptors (Lipinski definition) is 3. The van der Waals surface area contributed by atoms with Gasteiger partial charge in [0.1, 0.15) is 17.7 Å². The van der Waals surface area contributed by atoms with Crippen molar-refractivity contribution < 1.29 is 26.7 Å². The Labute approximate surface area is 136 Å². The number of alkyl halides is 3.